The van der Waals surface area contributed by atoms with Gasteiger partial charge in [0, 0.05) is 12.5 Å². The van der Waals surface area contributed by atoms with E-state index < -0.39 is 47.8 Å². The average Bonchev–Trinajstić information content (AvgIpc) is 3.78. The van der Waals surface area contributed by atoms with Gasteiger partial charge in [0.25, 0.3) is 5.91 Å². The van der Waals surface area contributed by atoms with Crippen molar-refractivity contribution in [2.75, 3.05) is 6.54 Å². The molecule has 44 heavy (non-hydrogen) atoms. The molecule has 5 amide bonds. The lowest BCUT2D eigenvalue weighted by Gasteiger charge is -2.32. The highest BCUT2D eigenvalue weighted by atomic mass is 16.2. The van der Waals surface area contributed by atoms with Crippen LogP contribution in [0.5, 0.6) is 0 Å². The van der Waals surface area contributed by atoms with Crippen LogP contribution in [0.3, 0.4) is 0 Å². The zero-order valence-corrected chi connectivity index (χ0v) is 26.0. The largest absolute Gasteiger partial charge is 0.363 e. The van der Waals surface area contributed by atoms with E-state index in [1.54, 1.807) is 6.08 Å². The van der Waals surface area contributed by atoms with E-state index in [9.17, 15) is 28.8 Å². The molecule has 2 heterocycles. The molecule has 4 fully saturated rings. The molecular formula is C33H51N5O6. The fourth-order valence-corrected chi connectivity index (χ4v) is 7.13. The van der Waals surface area contributed by atoms with Crippen molar-refractivity contribution in [3.8, 4) is 0 Å². The predicted molar refractivity (Wildman–Crippen MR) is 165 cm³/mol. The van der Waals surface area contributed by atoms with E-state index in [2.05, 4.69) is 22.5 Å². The van der Waals surface area contributed by atoms with Crippen LogP contribution in [0.25, 0.3) is 0 Å². The third-order valence-electron chi connectivity index (χ3n) is 9.91. The third kappa shape index (κ3) is 9.14. The van der Waals surface area contributed by atoms with E-state index in [-0.39, 0.29) is 36.0 Å². The lowest BCUT2D eigenvalue weighted by Crippen LogP contribution is -2.58. The van der Waals surface area contributed by atoms with Crippen LogP contribution in [0.15, 0.2) is 12.7 Å². The quantitative estimate of drug-likeness (QED) is 0.242. The average molecular weight is 614 g/mol. The molecule has 2 aliphatic heterocycles. The Morgan fingerprint density at radius 2 is 1.45 bits per heavy atom. The van der Waals surface area contributed by atoms with Crippen molar-refractivity contribution in [1.29, 1.82) is 0 Å². The van der Waals surface area contributed by atoms with Gasteiger partial charge in [-0.05, 0) is 56.8 Å². The molecule has 2 saturated carbocycles. The van der Waals surface area contributed by atoms with Gasteiger partial charge in [0.2, 0.25) is 17.6 Å². The highest BCUT2D eigenvalue weighted by Crippen LogP contribution is 2.35. The molecule has 11 heteroatoms. The van der Waals surface area contributed by atoms with Gasteiger partial charge in [-0.3, -0.25) is 24.0 Å². The molecule has 5 N–H and O–H groups in total. The molecule has 0 aromatic carbocycles. The van der Waals surface area contributed by atoms with Crippen molar-refractivity contribution in [2.45, 2.75) is 133 Å². The van der Waals surface area contributed by atoms with Crippen molar-refractivity contribution in [3.63, 3.8) is 0 Å². The fraction of sp³-hybridized carbons (Fsp3) is 0.758. The van der Waals surface area contributed by atoms with Gasteiger partial charge in [0.05, 0.1) is 12.1 Å². The summed E-state index contributed by atoms with van der Waals surface area (Å²) in [6, 6.07) is -3.91. The van der Waals surface area contributed by atoms with Gasteiger partial charge >= 0.3 is 6.03 Å². The SMILES string of the molecule is C=C[C@@H]1C[C@H]2C(=O)N[C@H](C(=O)C(N)=O)CCCCCCCCC[C@H](NC(=O)N[C@H](C(=O)C3CC3)C3CCCCC3)C(=O)N2C1. The molecule has 0 aromatic heterocycles. The summed E-state index contributed by atoms with van der Waals surface area (Å²) < 4.78 is 0. The summed E-state index contributed by atoms with van der Waals surface area (Å²) in [5.41, 5.74) is 5.28. The minimum absolute atomic E-state index is 0.0106. The Morgan fingerprint density at radius 1 is 0.864 bits per heavy atom. The molecule has 0 aromatic rings. The second kappa shape index (κ2) is 16.2. The normalized spacial score (nSPS) is 28.7. The van der Waals surface area contributed by atoms with Gasteiger partial charge in [-0.25, -0.2) is 4.79 Å². The van der Waals surface area contributed by atoms with Crippen LogP contribution >= 0.6 is 0 Å². The molecule has 0 spiro atoms. The van der Waals surface area contributed by atoms with Crippen LogP contribution in [-0.2, 0) is 24.0 Å². The van der Waals surface area contributed by atoms with E-state index >= 15 is 0 Å². The molecule has 0 bridgehead atoms. The minimum Gasteiger partial charge on any atom is -0.363 e. The Balaban J connectivity index is 1.52. The number of nitrogens with zero attached hydrogens (tertiary/aromatic N) is 1. The van der Waals surface area contributed by atoms with E-state index in [4.69, 9.17) is 5.73 Å². The summed E-state index contributed by atoms with van der Waals surface area (Å²) in [4.78, 5) is 80.1. The number of Topliss-reactive ketones (excluding diaryl/α,β-unsaturated/α-hetero) is 2. The first-order valence-electron chi connectivity index (χ1n) is 16.9. The van der Waals surface area contributed by atoms with Gasteiger partial charge in [-0.2, -0.15) is 0 Å². The predicted octanol–water partition coefficient (Wildman–Crippen LogP) is 3.05. The number of fused-ring (bicyclic) bond motifs is 1. The number of rotatable bonds is 8. The second-order valence-electron chi connectivity index (χ2n) is 13.3. The number of ketones is 2. The van der Waals surface area contributed by atoms with Gasteiger partial charge in [0.1, 0.15) is 12.1 Å². The zero-order valence-electron chi connectivity index (χ0n) is 26.0. The maximum absolute atomic E-state index is 14.1. The molecule has 2 aliphatic carbocycles. The Labute approximate surface area is 260 Å². The zero-order chi connectivity index (χ0) is 31.6. The second-order valence-corrected chi connectivity index (χ2v) is 13.3. The number of nitrogens with one attached hydrogen (secondary N) is 3. The number of nitrogens with two attached hydrogens (primary N) is 1. The monoisotopic (exact) mass is 613 g/mol. The van der Waals surface area contributed by atoms with Crippen LogP contribution in [-0.4, -0.2) is 70.9 Å². The van der Waals surface area contributed by atoms with E-state index in [0.717, 1.165) is 83.5 Å². The number of carbonyl (C=O) groups excluding carboxylic acids is 6. The number of hydrogen-bond donors (Lipinski definition) is 4. The van der Waals surface area contributed by atoms with Crippen LogP contribution in [0.4, 0.5) is 4.79 Å². The van der Waals surface area contributed by atoms with Crippen molar-refractivity contribution in [1.82, 2.24) is 20.9 Å². The Bertz CT molecular complexity index is 1080. The maximum Gasteiger partial charge on any atom is 0.316 e. The first-order chi connectivity index (χ1) is 21.2. The minimum atomic E-state index is -1.10. The maximum atomic E-state index is 14.1. The molecule has 11 nitrogen and oxygen atoms in total. The lowest BCUT2D eigenvalue weighted by molar-refractivity contribution is -0.142. The highest BCUT2D eigenvalue weighted by molar-refractivity contribution is 6.37. The summed E-state index contributed by atoms with van der Waals surface area (Å²) in [6.07, 6.45) is 15.5. The number of urea groups is 1. The molecule has 5 atom stereocenters. The number of primary amides is 1. The summed E-state index contributed by atoms with van der Waals surface area (Å²) in [5.74, 6) is -2.79. The Morgan fingerprint density at radius 3 is 2.07 bits per heavy atom. The number of hydrogen-bond acceptors (Lipinski definition) is 6. The molecule has 244 valence electrons. The molecular weight excluding hydrogens is 562 g/mol. The van der Waals surface area contributed by atoms with Crippen molar-refractivity contribution < 1.29 is 28.8 Å². The topological polar surface area (TPSA) is 168 Å². The molecule has 0 unspecified atom stereocenters. The van der Waals surface area contributed by atoms with Gasteiger partial charge < -0.3 is 26.6 Å². The first kappa shape index (κ1) is 33.6. The summed E-state index contributed by atoms with van der Waals surface area (Å²) in [5, 5.41) is 8.57. The van der Waals surface area contributed by atoms with Crippen LogP contribution in [0.1, 0.15) is 109 Å². The molecule has 4 rings (SSSR count). The number of amides is 5. The Kier molecular flexibility index (Phi) is 12.4. The van der Waals surface area contributed by atoms with Gasteiger partial charge in [-0.15, -0.1) is 6.58 Å². The van der Waals surface area contributed by atoms with Crippen LogP contribution < -0.4 is 21.7 Å². The van der Waals surface area contributed by atoms with Crippen molar-refractivity contribution in [3.05, 3.63) is 12.7 Å². The van der Waals surface area contributed by atoms with Crippen LogP contribution in [0, 0.1) is 17.8 Å². The van der Waals surface area contributed by atoms with Gasteiger partial charge in [-0.1, -0.05) is 70.3 Å². The van der Waals surface area contributed by atoms with Crippen LogP contribution in [0.2, 0.25) is 0 Å². The Hall–Kier alpha value is -3.24. The fourth-order valence-electron chi connectivity index (χ4n) is 7.13. The summed E-state index contributed by atoms with van der Waals surface area (Å²) in [7, 11) is 0. The highest BCUT2D eigenvalue weighted by Gasteiger charge is 2.43. The summed E-state index contributed by atoms with van der Waals surface area (Å²) in [6.45, 7) is 4.11. The smallest absolute Gasteiger partial charge is 0.316 e. The molecule has 4 aliphatic rings. The van der Waals surface area contributed by atoms with E-state index in [1.165, 1.54) is 4.90 Å². The first-order valence-corrected chi connectivity index (χ1v) is 16.9. The molecule has 0 radical (unpaired) electrons. The third-order valence-corrected chi connectivity index (χ3v) is 9.91. The summed E-state index contributed by atoms with van der Waals surface area (Å²) >= 11 is 0. The van der Waals surface area contributed by atoms with E-state index in [0.29, 0.717) is 25.7 Å². The van der Waals surface area contributed by atoms with E-state index in [1.807, 2.05) is 0 Å². The van der Waals surface area contributed by atoms with Crippen molar-refractivity contribution in [2.24, 2.45) is 23.5 Å². The lowest BCUT2D eigenvalue weighted by atomic mass is 9.81. The standard InChI is InChI=1S/C33H51N5O6/c1-2-21-19-26-31(42)35-24(29(40)30(34)41)15-11-6-4-3-5-7-12-16-25(32(43)38(26)20-21)36-33(44)37-27(28(39)23-17-18-23)22-13-9-8-10-14-22/h2,21-27H,1,3-20H2,(H2,34,41)(H,35,42)(H2,36,37,44)/t21-,24+,25+,26+,27+/m1/s1. The van der Waals surface area contributed by atoms with Gasteiger partial charge in [0.15, 0.2) is 5.78 Å². The molecule has 2 saturated heterocycles. The number of carbonyl (C=O) groups is 6. The van der Waals surface area contributed by atoms with Crippen molar-refractivity contribution >= 4 is 35.3 Å².